The van der Waals surface area contributed by atoms with Gasteiger partial charge in [-0.2, -0.15) is 5.26 Å². The molecule has 0 saturated heterocycles. The Balaban J connectivity index is 1.70. The number of ether oxygens (including phenoxy) is 1. The lowest BCUT2D eigenvalue weighted by atomic mass is 9.95. The maximum absolute atomic E-state index is 12.9. The van der Waals surface area contributed by atoms with E-state index >= 15 is 0 Å². The topological polar surface area (TPSA) is 95.0 Å². The van der Waals surface area contributed by atoms with Crippen LogP contribution in [-0.4, -0.2) is 24.0 Å². The minimum Gasteiger partial charge on any atom is -0.465 e. The van der Waals surface area contributed by atoms with Gasteiger partial charge in [0.2, 0.25) is 0 Å². The van der Waals surface area contributed by atoms with Crippen LogP contribution in [0.3, 0.4) is 0 Å². The number of benzene rings is 1. The van der Waals surface area contributed by atoms with Crippen molar-refractivity contribution in [3.8, 4) is 6.07 Å². The van der Waals surface area contributed by atoms with Gasteiger partial charge in [-0.25, -0.2) is 4.79 Å². The van der Waals surface area contributed by atoms with E-state index in [4.69, 9.17) is 4.74 Å². The SMILES string of the molecule is COC(=O)c1c(NC(=O)/C(C#N)=C\c2c(C)[nH]c3ccccc23)sc2c1CCCC2. The highest BCUT2D eigenvalue weighted by molar-refractivity contribution is 7.17. The zero-order valence-corrected chi connectivity index (χ0v) is 17.6. The smallest absolute Gasteiger partial charge is 0.341 e. The van der Waals surface area contributed by atoms with Gasteiger partial charge < -0.3 is 15.0 Å². The van der Waals surface area contributed by atoms with Crippen molar-refractivity contribution in [2.45, 2.75) is 32.6 Å². The number of rotatable bonds is 4. The summed E-state index contributed by atoms with van der Waals surface area (Å²) in [5.74, 6) is -0.995. The van der Waals surface area contributed by atoms with Gasteiger partial charge in [0.15, 0.2) is 0 Å². The second-order valence-corrected chi connectivity index (χ2v) is 8.34. The minimum atomic E-state index is -0.536. The van der Waals surface area contributed by atoms with Gasteiger partial charge >= 0.3 is 5.97 Å². The number of anilines is 1. The molecule has 152 valence electrons. The summed E-state index contributed by atoms with van der Waals surface area (Å²) < 4.78 is 4.95. The van der Waals surface area contributed by atoms with E-state index in [9.17, 15) is 14.9 Å². The molecule has 1 aromatic carbocycles. The first-order valence-corrected chi connectivity index (χ1v) is 10.6. The number of aromatic amines is 1. The first-order chi connectivity index (χ1) is 14.5. The Morgan fingerprint density at radius 2 is 2.03 bits per heavy atom. The van der Waals surface area contributed by atoms with Gasteiger partial charge in [-0.1, -0.05) is 18.2 Å². The number of nitrogens with one attached hydrogen (secondary N) is 2. The number of methoxy groups -OCH3 is 1. The minimum absolute atomic E-state index is 0.0231. The Morgan fingerprint density at radius 3 is 2.80 bits per heavy atom. The van der Waals surface area contributed by atoms with Gasteiger partial charge in [-0.05, 0) is 50.3 Å². The normalized spacial score (nSPS) is 13.6. The number of thiophene rings is 1. The van der Waals surface area contributed by atoms with Crippen LogP contribution in [0.1, 0.15) is 44.9 Å². The summed E-state index contributed by atoms with van der Waals surface area (Å²) >= 11 is 1.40. The number of hydrogen-bond donors (Lipinski definition) is 2. The third-order valence-corrected chi connectivity index (χ3v) is 6.59. The van der Waals surface area contributed by atoms with Crippen LogP contribution in [0.15, 0.2) is 29.8 Å². The Kier molecular flexibility index (Phi) is 5.42. The molecule has 0 atom stereocenters. The van der Waals surface area contributed by atoms with Crippen molar-refractivity contribution in [3.63, 3.8) is 0 Å². The maximum Gasteiger partial charge on any atom is 0.341 e. The molecule has 1 aliphatic carbocycles. The number of aromatic nitrogens is 1. The summed E-state index contributed by atoms with van der Waals surface area (Å²) in [6.45, 7) is 1.90. The highest BCUT2D eigenvalue weighted by atomic mass is 32.1. The highest BCUT2D eigenvalue weighted by Crippen LogP contribution is 2.38. The molecular weight excluding hydrogens is 398 g/mol. The van der Waals surface area contributed by atoms with Gasteiger partial charge in [0.25, 0.3) is 5.91 Å². The molecule has 7 heteroatoms. The molecule has 0 radical (unpaired) electrons. The summed E-state index contributed by atoms with van der Waals surface area (Å²) in [6.07, 6.45) is 5.33. The fraction of sp³-hybridized carbons (Fsp3) is 0.261. The average molecular weight is 420 g/mol. The van der Waals surface area contributed by atoms with Crippen LogP contribution in [-0.2, 0) is 22.4 Å². The number of esters is 1. The predicted molar refractivity (Wildman–Crippen MR) is 118 cm³/mol. The van der Waals surface area contributed by atoms with Crippen LogP contribution in [0.25, 0.3) is 17.0 Å². The molecule has 30 heavy (non-hydrogen) atoms. The fourth-order valence-electron chi connectivity index (χ4n) is 3.92. The van der Waals surface area contributed by atoms with Crippen molar-refractivity contribution in [3.05, 3.63) is 57.1 Å². The van der Waals surface area contributed by atoms with Gasteiger partial charge in [0.1, 0.15) is 16.6 Å². The number of carbonyl (C=O) groups excluding carboxylic acids is 2. The van der Waals surface area contributed by atoms with Crippen LogP contribution in [0.2, 0.25) is 0 Å². The van der Waals surface area contributed by atoms with Crippen molar-refractivity contribution in [1.29, 1.82) is 5.26 Å². The number of fused-ring (bicyclic) bond motifs is 2. The Bertz CT molecular complexity index is 1230. The van der Waals surface area contributed by atoms with Gasteiger partial charge in [0.05, 0.1) is 12.7 Å². The summed E-state index contributed by atoms with van der Waals surface area (Å²) in [7, 11) is 1.33. The van der Waals surface area contributed by atoms with E-state index in [0.29, 0.717) is 10.6 Å². The zero-order chi connectivity index (χ0) is 21.3. The fourth-order valence-corrected chi connectivity index (χ4v) is 5.19. The van der Waals surface area contributed by atoms with E-state index in [1.54, 1.807) is 6.08 Å². The second kappa shape index (κ2) is 8.17. The van der Waals surface area contributed by atoms with Crippen LogP contribution in [0.5, 0.6) is 0 Å². The number of nitriles is 1. The van der Waals surface area contributed by atoms with Gasteiger partial charge in [-0.15, -0.1) is 11.3 Å². The molecule has 0 unspecified atom stereocenters. The lowest BCUT2D eigenvalue weighted by Gasteiger charge is -2.11. The summed E-state index contributed by atoms with van der Waals surface area (Å²) in [5.41, 5.74) is 3.98. The molecule has 0 spiro atoms. The molecule has 0 bridgehead atoms. The van der Waals surface area contributed by atoms with Crippen molar-refractivity contribution in [1.82, 2.24) is 4.98 Å². The van der Waals surface area contributed by atoms with Crippen LogP contribution in [0, 0.1) is 18.3 Å². The van der Waals surface area contributed by atoms with Crippen molar-refractivity contribution in [2.75, 3.05) is 12.4 Å². The van der Waals surface area contributed by atoms with Crippen LogP contribution in [0.4, 0.5) is 5.00 Å². The van der Waals surface area contributed by atoms with E-state index in [2.05, 4.69) is 10.3 Å². The van der Waals surface area contributed by atoms with E-state index in [1.807, 2.05) is 37.3 Å². The van der Waals surface area contributed by atoms with Crippen molar-refractivity contribution in [2.24, 2.45) is 0 Å². The highest BCUT2D eigenvalue weighted by Gasteiger charge is 2.27. The van der Waals surface area contributed by atoms with E-state index in [-0.39, 0.29) is 5.57 Å². The van der Waals surface area contributed by atoms with E-state index in [0.717, 1.165) is 58.3 Å². The first-order valence-electron chi connectivity index (χ1n) is 9.76. The summed E-state index contributed by atoms with van der Waals surface area (Å²) in [4.78, 5) is 29.7. The Morgan fingerprint density at radius 1 is 1.27 bits per heavy atom. The molecule has 1 aliphatic rings. The molecule has 2 heterocycles. The van der Waals surface area contributed by atoms with Gasteiger partial charge in [-0.3, -0.25) is 4.79 Å². The maximum atomic E-state index is 12.9. The Labute approximate surface area is 178 Å². The molecule has 4 rings (SSSR count). The van der Waals surface area contributed by atoms with Crippen molar-refractivity contribution < 1.29 is 14.3 Å². The zero-order valence-electron chi connectivity index (χ0n) is 16.8. The van der Waals surface area contributed by atoms with Crippen molar-refractivity contribution >= 4 is 45.2 Å². The average Bonchev–Trinajstić information content (AvgIpc) is 3.27. The molecule has 0 saturated carbocycles. The van der Waals surface area contributed by atoms with E-state index < -0.39 is 11.9 Å². The number of nitrogens with zero attached hydrogens (tertiary/aromatic N) is 1. The van der Waals surface area contributed by atoms with Gasteiger partial charge in [0, 0.05) is 27.0 Å². The van der Waals surface area contributed by atoms with E-state index in [1.165, 1.54) is 18.4 Å². The number of H-pyrrole nitrogens is 1. The summed E-state index contributed by atoms with van der Waals surface area (Å²) in [6, 6.07) is 9.74. The molecule has 0 fully saturated rings. The number of hydrogen-bond acceptors (Lipinski definition) is 5. The standard InChI is InChI=1S/C23H21N3O3S/c1-13-17(15-7-3-5-9-18(15)25-13)11-14(12-24)21(27)26-22-20(23(28)29-2)16-8-4-6-10-19(16)30-22/h3,5,7,9,11,25H,4,6,8,10H2,1-2H3,(H,26,27)/b14-11-. The third-order valence-electron chi connectivity index (χ3n) is 5.39. The van der Waals surface area contributed by atoms with Crippen LogP contribution >= 0.6 is 11.3 Å². The molecule has 3 aromatic rings. The van der Waals surface area contributed by atoms with Crippen LogP contribution < -0.4 is 5.32 Å². The molecule has 1 amide bonds. The predicted octanol–water partition coefficient (Wildman–Crippen LogP) is 4.75. The molecule has 6 nitrogen and oxygen atoms in total. The quantitative estimate of drug-likeness (QED) is 0.362. The number of aryl methyl sites for hydroxylation is 2. The monoisotopic (exact) mass is 419 g/mol. The third kappa shape index (κ3) is 3.51. The largest absolute Gasteiger partial charge is 0.465 e. The number of carbonyl (C=O) groups is 2. The molecule has 2 aromatic heterocycles. The second-order valence-electron chi connectivity index (χ2n) is 7.24. The molecule has 2 N–H and O–H groups in total. The lowest BCUT2D eigenvalue weighted by Crippen LogP contribution is -2.16. The molecule has 0 aliphatic heterocycles. The molecular formula is C23H21N3O3S. The number of amides is 1. The number of para-hydroxylation sites is 1. The Hall–Kier alpha value is -3.37. The lowest BCUT2D eigenvalue weighted by molar-refractivity contribution is -0.112. The summed E-state index contributed by atoms with van der Waals surface area (Å²) in [5, 5.41) is 13.8. The first kappa shape index (κ1) is 19.9.